The molecule has 1 aliphatic rings. The van der Waals surface area contributed by atoms with Crippen LogP contribution >= 0.6 is 0 Å². The molecule has 1 atom stereocenters. The van der Waals surface area contributed by atoms with Gasteiger partial charge in [-0.3, -0.25) is 4.79 Å². The molecular formula is C14H28N2O2. The van der Waals surface area contributed by atoms with E-state index in [1.807, 2.05) is 13.8 Å². The summed E-state index contributed by atoms with van der Waals surface area (Å²) in [6.07, 6.45) is 6.42. The highest BCUT2D eigenvalue weighted by Gasteiger charge is 2.28. The summed E-state index contributed by atoms with van der Waals surface area (Å²) in [6.45, 7) is 4.39. The van der Waals surface area contributed by atoms with Crippen molar-refractivity contribution >= 4 is 5.91 Å². The van der Waals surface area contributed by atoms with Crippen molar-refractivity contribution in [1.29, 1.82) is 0 Å². The molecule has 4 heteroatoms. The van der Waals surface area contributed by atoms with Crippen LogP contribution in [0.1, 0.15) is 58.8 Å². The highest BCUT2D eigenvalue weighted by atomic mass is 16.3. The normalized spacial score (nSPS) is 21.4. The molecule has 106 valence electrons. The van der Waals surface area contributed by atoms with Crippen molar-refractivity contribution in [1.82, 2.24) is 5.32 Å². The molecule has 1 saturated carbocycles. The van der Waals surface area contributed by atoms with Gasteiger partial charge in [-0.2, -0.15) is 0 Å². The minimum absolute atomic E-state index is 0.0473. The summed E-state index contributed by atoms with van der Waals surface area (Å²) >= 11 is 0. The lowest BCUT2D eigenvalue weighted by atomic mass is 9.94. The Kier molecular flexibility index (Phi) is 6.09. The zero-order valence-corrected chi connectivity index (χ0v) is 11.7. The fraction of sp³-hybridized carbons (Fsp3) is 0.929. The Morgan fingerprint density at radius 2 is 1.83 bits per heavy atom. The van der Waals surface area contributed by atoms with Crippen molar-refractivity contribution in [3.63, 3.8) is 0 Å². The molecule has 0 aliphatic heterocycles. The minimum Gasteiger partial charge on any atom is -0.388 e. The fourth-order valence-corrected chi connectivity index (χ4v) is 2.35. The Morgan fingerprint density at radius 1 is 1.28 bits per heavy atom. The molecule has 0 saturated heterocycles. The van der Waals surface area contributed by atoms with Crippen LogP contribution in [0.5, 0.6) is 0 Å². The van der Waals surface area contributed by atoms with Crippen LogP contribution in [0.15, 0.2) is 0 Å². The number of rotatable bonds is 5. The summed E-state index contributed by atoms with van der Waals surface area (Å²) in [5.41, 5.74) is 5.16. The van der Waals surface area contributed by atoms with Gasteiger partial charge in [-0.1, -0.05) is 39.5 Å². The quantitative estimate of drug-likeness (QED) is 0.653. The molecule has 18 heavy (non-hydrogen) atoms. The molecule has 1 unspecified atom stereocenters. The smallest absolute Gasteiger partial charge is 0.221 e. The number of hydrogen-bond donors (Lipinski definition) is 3. The number of nitrogens with two attached hydrogens (primary N) is 1. The molecule has 1 rings (SSSR count). The first-order valence-electron chi connectivity index (χ1n) is 7.18. The first-order valence-corrected chi connectivity index (χ1v) is 7.18. The van der Waals surface area contributed by atoms with Gasteiger partial charge in [0.05, 0.1) is 5.60 Å². The van der Waals surface area contributed by atoms with Crippen LogP contribution in [0.2, 0.25) is 0 Å². The van der Waals surface area contributed by atoms with Gasteiger partial charge in [0.1, 0.15) is 0 Å². The number of carbonyl (C=O) groups is 1. The zero-order valence-electron chi connectivity index (χ0n) is 11.7. The summed E-state index contributed by atoms with van der Waals surface area (Å²) in [7, 11) is 0. The van der Waals surface area contributed by atoms with Crippen LogP contribution in [0, 0.1) is 5.92 Å². The van der Waals surface area contributed by atoms with Crippen molar-refractivity contribution in [2.45, 2.75) is 70.4 Å². The van der Waals surface area contributed by atoms with E-state index in [9.17, 15) is 9.90 Å². The Morgan fingerprint density at radius 3 is 2.33 bits per heavy atom. The lowest BCUT2D eigenvalue weighted by molar-refractivity contribution is -0.123. The second-order valence-electron chi connectivity index (χ2n) is 6.03. The SMILES string of the molecule is CC(C)C(N)CC(=O)NCC1(O)CCCCCC1. The second-order valence-corrected chi connectivity index (χ2v) is 6.03. The predicted octanol–water partition coefficient (Wildman–Crippen LogP) is 1.56. The number of carbonyl (C=O) groups excluding carboxylic acids is 1. The van der Waals surface area contributed by atoms with Crippen molar-refractivity contribution in [2.24, 2.45) is 11.7 Å². The van der Waals surface area contributed by atoms with Crippen LogP contribution in [0.3, 0.4) is 0 Å². The highest BCUT2D eigenvalue weighted by Crippen LogP contribution is 2.26. The largest absolute Gasteiger partial charge is 0.388 e. The number of amides is 1. The van der Waals surface area contributed by atoms with Gasteiger partial charge in [0.15, 0.2) is 0 Å². The minimum atomic E-state index is -0.700. The number of hydrogen-bond acceptors (Lipinski definition) is 3. The third-order valence-corrected chi connectivity index (χ3v) is 3.93. The van der Waals surface area contributed by atoms with E-state index in [1.165, 1.54) is 12.8 Å². The Hall–Kier alpha value is -0.610. The van der Waals surface area contributed by atoms with E-state index in [4.69, 9.17) is 5.73 Å². The number of nitrogens with one attached hydrogen (secondary N) is 1. The molecule has 0 aromatic carbocycles. The van der Waals surface area contributed by atoms with E-state index in [0.29, 0.717) is 18.9 Å². The first-order chi connectivity index (χ1) is 8.43. The molecule has 0 aromatic rings. The Bertz CT molecular complexity index is 259. The Balaban J connectivity index is 2.32. The molecular weight excluding hydrogens is 228 g/mol. The maximum absolute atomic E-state index is 11.7. The molecule has 4 N–H and O–H groups in total. The van der Waals surface area contributed by atoms with E-state index >= 15 is 0 Å². The van der Waals surface area contributed by atoms with Gasteiger partial charge >= 0.3 is 0 Å². The molecule has 0 heterocycles. The van der Waals surface area contributed by atoms with Crippen LogP contribution in [-0.2, 0) is 4.79 Å². The van der Waals surface area contributed by atoms with E-state index < -0.39 is 5.60 Å². The van der Waals surface area contributed by atoms with Crippen LogP contribution in [-0.4, -0.2) is 29.2 Å². The van der Waals surface area contributed by atoms with Crippen LogP contribution in [0.25, 0.3) is 0 Å². The van der Waals surface area contributed by atoms with Gasteiger partial charge in [-0.15, -0.1) is 0 Å². The van der Waals surface area contributed by atoms with Gasteiger partial charge in [-0.25, -0.2) is 0 Å². The summed E-state index contributed by atoms with van der Waals surface area (Å²) in [5.74, 6) is 0.255. The highest BCUT2D eigenvalue weighted by molar-refractivity contribution is 5.76. The van der Waals surface area contributed by atoms with E-state index in [1.54, 1.807) is 0 Å². The standard InChI is InChI=1S/C14H28N2O2/c1-11(2)12(15)9-13(17)16-10-14(18)7-5-3-4-6-8-14/h11-12,18H,3-10,15H2,1-2H3,(H,16,17). The monoisotopic (exact) mass is 256 g/mol. The van der Waals surface area contributed by atoms with Crippen molar-refractivity contribution in [3.05, 3.63) is 0 Å². The van der Waals surface area contributed by atoms with E-state index in [2.05, 4.69) is 5.32 Å². The molecule has 0 spiro atoms. The molecule has 4 nitrogen and oxygen atoms in total. The Labute approximate surface area is 110 Å². The lowest BCUT2D eigenvalue weighted by Gasteiger charge is -2.27. The van der Waals surface area contributed by atoms with E-state index in [0.717, 1.165) is 25.7 Å². The third-order valence-electron chi connectivity index (χ3n) is 3.93. The molecule has 1 aliphatic carbocycles. The molecule has 0 bridgehead atoms. The average molecular weight is 256 g/mol. The van der Waals surface area contributed by atoms with Crippen molar-refractivity contribution in [3.8, 4) is 0 Å². The van der Waals surface area contributed by atoms with Crippen molar-refractivity contribution < 1.29 is 9.90 Å². The molecule has 0 radical (unpaired) electrons. The molecule has 1 amide bonds. The predicted molar refractivity (Wildman–Crippen MR) is 73.1 cm³/mol. The maximum Gasteiger partial charge on any atom is 0.221 e. The van der Waals surface area contributed by atoms with Gasteiger partial charge in [-0.05, 0) is 18.8 Å². The summed E-state index contributed by atoms with van der Waals surface area (Å²) in [4.78, 5) is 11.7. The average Bonchev–Trinajstić information content (AvgIpc) is 2.52. The first kappa shape index (κ1) is 15.4. The van der Waals surface area contributed by atoms with E-state index in [-0.39, 0.29) is 11.9 Å². The maximum atomic E-state index is 11.7. The van der Waals surface area contributed by atoms with Gasteiger partial charge in [0.25, 0.3) is 0 Å². The summed E-state index contributed by atoms with van der Waals surface area (Å²) in [5, 5.41) is 13.2. The van der Waals surface area contributed by atoms with Crippen molar-refractivity contribution in [2.75, 3.05) is 6.54 Å². The zero-order chi connectivity index (χ0) is 13.6. The topological polar surface area (TPSA) is 75.4 Å². The van der Waals surface area contributed by atoms with Crippen LogP contribution < -0.4 is 11.1 Å². The number of aliphatic hydroxyl groups is 1. The molecule has 1 fully saturated rings. The van der Waals surface area contributed by atoms with Crippen LogP contribution in [0.4, 0.5) is 0 Å². The van der Waals surface area contributed by atoms with Gasteiger partial charge < -0.3 is 16.2 Å². The second kappa shape index (κ2) is 7.10. The third kappa shape index (κ3) is 5.36. The molecule has 0 aromatic heterocycles. The summed E-state index contributed by atoms with van der Waals surface area (Å²) < 4.78 is 0. The lowest BCUT2D eigenvalue weighted by Crippen LogP contribution is -2.44. The van der Waals surface area contributed by atoms with Gasteiger partial charge in [0, 0.05) is 19.0 Å². The summed E-state index contributed by atoms with van der Waals surface area (Å²) in [6, 6.07) is -0.103. The fourth-order valence-electron chi connectivity index (χ4n) is 2.35. The van der Waals surface area contributed by atoms with Gasteiger partial charge in [0.2, 0.25) is 5.91 Å².